The third kappa shape index (κ3) is 4.34. The van der Waals surface area contributed by atoms with E-state index in [4.69, 9.17) is 9.84 Å². The van der Waals surface area contributed by atoms with E-state index < -0.39 is 5.97 Å². The molecule has 0 aliphatic carbocycles. The molecule has 0 radical (unpaired) electrons. The number of ether oxygens (including phenoxy) is 1. The van der Waals surface area contributed by atoms with Crippen molar-refractivity contribution >= 4 is 27.5 Å². The van der Waals surface area contributed by atoms with Gasteiger partial charge in [0.2, 0.25) is 0 Å². The fourth-order valence-electron chi connectivity index (χ4n) is 3.34. The minimum atomic E-state index is -0.988. The average Bonchev–Trinajstić information content (AvgIpc) is 3.17. The third-order valence-electron chi connectivity index (χ3n) is 4.94. The molecule has 4 rings (SSSR count). The Morgan fingerprint density at radius 2 is 1.87 bits per heavy atom. The number of hydrogen-bond acceptors (Lipinski definition) is 5. The molecule has 2 aromatic heterocycles. The van der Waals surface area contributed by atoms with Crippen LogP contribution in [0.4, 0.5) is 4.39 Å². The number of rotatable bonds is 7. The Bertz CT molecular complexity index is 1290. The van der Waals surface area contributed by atoms with Crippen LogP contribution in [0.1, 0.15) is 22.6 Å². The molecule has 0 unspecified atom stereocenters. The maximum absolute atomic E-state index is 13.3. The summed E-state index contributed by atoms with van der Waals surface area (Å²) in [5.41, 5.74) is 1.59. The van der Waals surface area contributed by atoms with Crippen molar-refractivity contribution in [2.24, 2.45) is 0 Å². The fourth-order valence-corrected chi connectivity index (χ4v) is 4.32. The van der Waals surface area contributed by atoms with Gasteiger partial charge in [0.15, 0.2) is 0 Å². The Morgan fingerprint density at radius 1 is 1.16 bits per heavy atom. The molecule has 2 heterocycles. The minimum Gasteiger partial charge on any atom is -0.494 e. The summed E-state index contributed by atoms with van der Waals surface area (Å²) in [4.78, 5) is 29.3. The molecule has 0 fully saturated rings. The molecular weight excluding hydrogens is 419 g/mol. The predicted octanol–water partition coefficient (Wildman–Crippen LogP) is 4.74. The SMILES string of the molecule is Cc1nc2scc(-c3ccc(F)cc3)c2c(=O)n1CCCOc1ccc(C(=O)O)cc1. The van der Waals surface area contributed by atoms with E-state index in [2.05, 4.69) is 4.98 Å². The molecule has 0 aliphatic rings. The third-order valence-corrected chi connectivity index (χ3v) is 5.81. The van der Waals surface area contributed by atoms with Gasteiger partial charge in [-0.3, -0.25) is 9.36 Å². The summed E-state index contributed by atoms with van der Waals surface area (Å²) in [6, 6.07) is 12.2. The molecule has 0 spiro atoms. The Kier molecular flexibility index (Phi) is 5.81. The topological polar surface area (TPSA) is 81.4 Å². The van der Waals surface area contributed by atoms with Crippen LogP contribution in [0.15, 0.2) is 58.7 Å². The number of fused-ring (bicyclic) bond motifs is 1. The number of halogens is 1. The molecule has 158 valence electrons. The van der Waals surface area contributed by atoms with Crippen molar-refractivity contribution in [3.05, 3.63) is 81.5 Å². The lowest BCUT2D eigenvalue weighted by Gasteiger charge is -2.11. The van der Waals surface area contributed by atoms with Crippen molar-refractivity contribution in [1.82, 2.24) is 9.55 Å². The molecule has 0 bridgehead atoms. The van der Waals surface area contributed by atoms with Crippen LogP contribution in [0.5, 0.6) is 5.75 Å². The lowest BCUT2D eigenvalue weighted by Crippen LogP contribution is -2.24. The van der Waals surface area contributed by atoms with E-state index in [0.717, 1.165) is 11.1 Å². The normalized spacial score (nSPS) is 11.0. The Labute approximate surface area is 181 Å². The first-order valence-electron chi connectivity index (χ1n) is 9.65. The zero-order valence-electron chi connectivity index (χ0n) is 16.7. The smallest absolute Gasteiger partial charge is 0.335 e. The second-order valence-electron chi connectivity index (χ2n) is 6.98. The molecule has 0 amide bonds. The van der Waals surface area contributed by atoms with Gasteiger partial charge < -0.3 is 9.84 Å². The van der Waals surface area contributed by atoms with E-state index in [-0.39, 0.29) is 16.9 Å². The van der Waals surface area contributed by atoms with Gasteiger partial charge in [0, 0.05) is 17.5 Å². The van der Waals surface area contributed by atoms with E-state index >= 15 is 0 Å². The maximum Gasteiger partial charge on any atom is 0.335 e. The molecule has 0 aliphatic heterocycles. The summed E-state index contributed by atoms with van der Waals surface area (Å²) in [6.07, 6.45) is 0.574. The zero-order valence-corrected chi connectivity index (χ0v) is 17.5. The summed E-state index contributed by atoms with van der Waals surface area (Å²) in [7, 11) is 0. The van der Waals surface area contributed by atoms with Crippen LogP contribution in [-0.2, 0) is 6.54 Å². The van der Waals surface area contributed by atoms with Gasteiger partial charge in [-0.1, -0.05) is 12.1 Å². The first kappa shape index (κ1) is 20.7. The van der Waals surface area contributed by atoms with Crippen molar-refractivity contribution in [2.45, 2.75) is 19.9 Å². The molecule has 2 aromatic carbocycles. The number of thiophene rings is 1. The molecular formula is C23H19FN2O4S. The predicted molar refractivity (Wildman–Crippen MR) is 118 cm³/mol. The molecule has 31 heavy (non-hydrogen) atoms. The summed E-state index contributed by atoms with van der Waals surface area (Å²) >= 11 is 1.39. The average molecular weight is 438 g/mol. The number of carboxylic acids is 1. The van der Waals surface area contributed by atoms with E-state index in [1.165, 1.54) is 35.6 Å². The van der Waals surface area contributed by atoms with Crippen LogP contribution in [0, 0.1) is 12.7 Å². The van der Waals surface area contributed by atoms with Crippen LogP contribution in [-0.4, -0.2) is 27.2 Å². The lowest BCUT2D eigenvalue weighted by molar-refractivity contribution is 0.0697. The highest BCUT2D eigenvalue weighted by molar-refractivity contribution is 7.17. The van der Waals surface area contributed by atoms with Gasteiger partial charge in [-0.2, -0.15) is 0 Å². The van der Waals surface area contributed by atoms with E-state index in [1.807, 2.05) is 5.38 Å². The van der Waals surface area contributed by atoms with Crippen LogP contribution >= 0.6 is 11.3 Å². The largest absolute Gasteiger partial charge is 0.494 e. The number of benzene rings is 2. The molecule has 0 saturated heterocycles. The van der Waals surface area contributed by atoms with E-state index in [9.17, 15) is 14.0 Å². The van der Waals surface area contributed by atoms with Crippen molar-refractivity contribution in [3.63, 3.8) is 0 Å². The van der Waals surface area contributed by atoms with Gasteiger partial charge >= 0.3 is 5.97 Å². The number of hydrogen-bond donors (Lipinski definition) is 1. The van der Waals surface area contributed by atoms with Crippen LogP contribution in [0.2, 0.25) is 0 Å². The standard InChI is InChI=1S/C23H19FN2O4S/c1-14-25-21-20(19(13-31-21)15-3-7-17(24)8-4-15)22(27)26(14)11-2-12-30-18-9-5-16(6-10-18)23(28)29/h3-10,13H,2,11-12H2,1H3,(H,28,29). The number of carbonyl (C=O) groups is 1. The highest BCUT2D eigenvalue weighted by Crippen LogP contribution is 2.31. The number of carboxylic acid groups (broad SMARTS) is 1. The van der Waals surface area contributed by atoms with Crippen molar-refractivity contribution in [2.75, 3.05) is 6.61 Å². The highest BCUT2D eigenvalue weighted by atomic mass is 32.1. The lowest BCUT2D eigenvalue weighted by atomic mass is 10.1. The van der Waals surface area contributed by atoms with E-state index in [1.54, 1.807) is 35.8 Å². The number of aryl methyl sites for hydroxylation is 1. The zero-order chi connectivity index (χ0) is 22.0. The molecule has 1 N–H and O–H groups in total. The summed E-state index contributed by atoms with van der Waals surface area (Å²) in [5, 5.41) is 11.3. The minimum absolute atomic E-state index is 0.131. The number of aromatic nitrogens is 2. The molecule has 0 saturated carbocycles. The van der Waals surface area contributed by atoms with Gasteiger partial charge in [-0.15, -0.1) is 11.3 Å². The highest BCUT2D eigenvalue weighted by Gasteiger charge is 2.15. The second kappa shape index (κ2) is 8.69. The van der Waals surface area contributed by atoms with Gasteiger partial charge in [-0.05, 0) is 55.3 Å². The second-order valence-corrected chi connectivity index (χ2v) is 7.84. The quantitative estimate of drug-likeness (QED) is 0.422. The summed E-state index contributed by atoms with van der Waals surface area (Å²) < 4.78 is 20.6. The monoisotopic (exact) mass is 438 g/mol. The Hall–Kier alpha value is -3.52. The van der Waals surface area contributed by atoms with Gasteiger partial charge in [0.1, 0.15) is 22.2 Å². The van der Waals surface area contributed by atoms with Crippen molar-refractivity contribution in [3.8, 4) is 16.9 Å². The van der Waals surface area contributed by atoms with Crippen LogP contribution in [0.25, 0.3) is 21.3 Å². The van der Waals surface area contributed by atoms with Crippen molar-refractivity contribution in [1.29, 1.82) is 0 Å². The van der Waals surface area contributed by atoms with Crippen molar-refractivity contribution < 1.29 is 19.0 Å². The van der Waals surface area contributed by atoms with Crippen LogP contribution < -0.4 is 10.3 Å². The first-order chi connectivity index (χ1) is 14.9. The molecule has 0 atom stereocenters. The first-order valence-corrected chi connectivity index (χ1v) is 10.5. The van der Waals surface area contributed by atoms with Gasteiger partial charge in [0.25, 0.3) is 5.56 Å². The Morgan fingerprint density at radius 3 is 2.55 bits per heavy atom. The summed E-state index contributed by atoms with van der Waals surface area (Å²) in [6.45, 7) is 2.59. The fraction of sp³-hybridized carbons (Fsp3) is 0.174. The van der Waals surface area contributed by atoms with Crippen LogP contribution in [0.3, 0.4) is 0 Å². The molecule has 6 nitrogen and oxygen atoms in total. The van der Waals surface area contributed by atoms with Gasteiger partial charge in [-0.25, -0.2) is 14.2 Å². The maximum atomic E-state index is 13.3. The Balaban J connectivity index is 1.51. The number of nitrogens with zero attached hydrogens (tertiary/aromatic N) is 2. The number of aromatic carboxylic acids is 1. The molecule has 8 heteroatoms. The van der Waals surface area contributed by atoms with Gasteiger partial charge in [0.05, 0.1) is 17.6 Å². The van der Waals surface area contributed by atoms with E-state index in [0.29, 0.717) is 41.4 Å². The summed E-state index contributed by atoms with van der Waals surface area (Å²) in [5.74, 6) is -0.125. The molecule has 4 aromatic rings.